The van der Waals surface area contributed by atoms with Gasteiger partial charge in [0.2, 0.25) is 0 Å². The second-order valence-corrected chi connectivity index (χ2v) is 6.11. The zero-order chi connectivity index (χ0) is 19.3. The standard InChI is InChI=1S/C17H24O7/c1-10(2)13(19)22-17(16(7,8)9-18,23-14(20)11(3)4)24-15(21)12(5)6/h18H,1,3,5,9H2,2,4,6-8H3. The molecule has 0 spiro atoms. The number of carbonyl (C=O) groups excluding carboxylic acids is 3. The van der Waals surface area contributed by atoms with Crippen molar-refractivity contribution in [1.82, 2.24) is 0 Å². The van der Waals surface area contributed by atoms with E-state index in [1.54, 1.807) is 0 Å². The molecule has 0 aromatic carbocycles. The van der Waals surface area contributed by atoms with E-state index in [-0.39, 0.29) is 16.7 Å². The summed E-state index contributed by atoms with van der Waals surface area (Å²) in [5.74, 6) is -5.44. The molecule has 0 fully saturated rings. The molecule has 0 saturated carbocycles. The molecule has 24 heavy (non-hydrogen) atoms. The van der Waals surface area contributed by atoms with Crippen LogP contribution >= 0.6 is 0 Å². The van der Waals surface area contributed by atoms with Gasteiger partial charge in [-0.15, -0.1) is 0 Å². The van der Waals surface area contributed by atoms with Gasteiger partial charge in [-0.25, -0.2) is 14.4 Å². The average Bonchev–Trinajstić information content (AvgIpc) is 2.45. The summed E-state index contributed by atoms with van der Waals surface area (Å²) in [5, 5.41) is 9.64. The summed E-state index contributed by atoms with van der Waals surface area (Å²) >= 11 is 0. The Morgan fingerprint density at radius 2 is 1.04 bits per heavy atom. The Morgan fingerprint density at radius 3 is 1.21 bits per heavy atom. The minimum atomic E-state index is -2.52. The van der Waals surface area contributed by atoms with Gasteiger partial charge in [-0.05, 0) is 34.6 Å². The zero-order valence-corrected chi connectivity index (χ0v) is 14.7. The highest BCUT2D eigenvalue weighted by molar-refractivity contribution is 5.90. The Balaban J connectivity index is 6.18. The lowest BCUT2D eigenvalue weighted by atomic mass is 9.90. The molecule has 7 nitrogen and oxygen atoms in total. The number of aliphatic hydroxyl groups excluding tert-OH is 1. The van der Waals surface area contributed by atoms with Gasteiger partial charge in [0.15, 0.2) is 0 Å². The van der Waals surface area contributed by atoms with Crippen LogP contribution in [-0.4, -0.2) is 35.6 Å². The molecule has 0 bridgehead atoms. The van der Waals surface area contributed by atoms with Gasteiger partial charge in [-0.1, -0.05) is 19.7 Å². The minimum Gasteiger partial charge on any atom is -0.395 e. The largest absolute Gasteiger partial charge is 0.431 e. The van der Waals surface area contributed by atoms with E-state index in [9.17, 15) is 19.5 Å². The van der Waals surface area contributed by atoms with Crippen LogP contribution in [0.25, 0.3) is 0 Å². The van der Waals surface area contributed by atoms with Crippen LogP contribution in [0.2, 0.25) is 0 Å². The van der Waals surface area contributed by atoms with Crippen molar-refractivity contribution in [2.24, 2.45) is 5.41 Å². The normalized spacial score (nSPS) is 11.2. The molecule has 0 aliphatic rings. The second kappa shape index (κ2) is 7.92. The first-order chi connectivity index (χ1) is 10.8. The lowest BCUT2D eigenvalue weighted by molar-refractivity contribution is -0.373. The molecule has 0 radical (unpaired) electrons. The van der Waals surface area contributed by atoms with Crippen molar-refractivity contribution in [3.05, 3.63) is 36.5 Å². The molecule has 0 atom stereocenters. The van der Waals surface area contributed by atoms with Crippen molar-refractivity contribution >= 4 is 17.9 Å². The van der Waals surface area contributed by atoms with Gasteiger partial charge < -0.3 is 19.3 Å². The number of rotatable bonds is 8. The van der Waals surface area contributed by atoms with Crippen LogP contribution in [0.1, 0.15) is 34.6 Å². The smallest absolute Gasteiger partial charge is 0.395 e. The lowest BCUT2D eigenvalue weighted by Crippen LogP contribution is -2.56. The first-order valence-electron chi connectivity index (χ1n) is 7.07. The quantitative estimate of drug-likeness (QED) is 0.410. The highest BCUT2D eigenvalue weighted by atomic mass is 16.9. The number of carbonyl (C=O) groups is 3. The van der Waals surface area contributed by atoms with Crippen molar-refractivity contribution in [2.45, 2.75) is 40.6 Å². The summed E-state index contributed by atoms with van der Waals surface area (Å²) in [6.45, 7) is 16.5. The van der Waals surface area contributed by atoms with Crippen LogP contribution in [0.15, 0.2) is 36.5 Å². The first-order valence-corrected chi connectivity index (χ1v) is 7.07. The van der Waals surface area contributed by atoms with E-state index < -0.39 is 35.9 Å². The number of hydrogen-bond donors (Lipinski definition) is 1. The van der Waals surface area contributed by atoms with E-state index in [0.29, 0.717) is 0 Å². The minimum absolute atomic E-state index is 0.0223. The predicted octanol–water partition coefficient (Wildman–Crippen LogP) is 2.02. The molecule has 0 aromatic rings. The molecule has 0 amide bonds. The van der Waals surface area contributed by atoms with Crippen molar-refractivity contribution in [3.63, 3.8) is 0 Å². The van der Waals surface area contributed by atoms with Crippen LogP contribution < -0.4 is 0 Å². The van der Waals surface area contributed by atoms with E-state index in [0.717, 1.165) is 0 Å². The summed E-state index contributed by atoms with van der Waals surface area (Å²) in [6.07, 6.45) is 0. The van der Waals surface area contributed by atoms with Crippen LogP contribution in [0.4, 0.5) is 0 Å². The van der Waals surface area contributed by atoms with Crippen LogP contribution in [-0.2, 0) is 28.6 Å². The molecular weight excluding hydrogens is 316 g/mol. The maximum atomic E-state index is 12.0. The highest BCUT2D eigenvalue weighted by Gasteiger charge is 2.57. The predicted molar refractivity (Wildman–Crippen MR) is 86.3 cm³/mol. The summed E-state index contributed by atoms with van der Waals surface area (Å²) in [6, 6.07) is 0. The number of aliphatic hydroxyl groups is 1. The molecular formula is C17H24O7. The van der Waals surface area contributed by atoms with E-state index in [1.165, 1.54) is 34.6 Å². The fraction of sp³-hybridized carbons (Fsp3) is 0.471. The van der Waals surface area contributed by atoms with Gasteiger partial charge in [0, 0.05) is 16.7 Å². The van der Waals surface area contributed by atoms with Gasteiger partial charge in [-0.3, -0.25) is 0 Å². The van der Waals surface area contributed by atoms with Crippen LogP contribution in [0.5, 0.6) is 0 Å². The molecule has 0 aliphatic heterocycles. The Kier molecular flexibility index (Phi) is 7.12. The van der Waals surface area contributed by atoms with Gasteiger partial charge in [0.25, 0.3) is 0 Å². The van der Waals surface area contributed by atoms with E-state index in [2.05, 4.69) is 19.7 Å². The topological polar surface area (TPSA) is 99.1 Å². The van der Waals surface area contributed by atoms with Gasteiger partial charge in [0.1, 0.15) is 5.41 Å². The fourth-order valence-electron chi connectivity index (χ4n) is 1.20. The highest BCUT2D eigenvalue weighted by Crippen LogP contribution is 2.38. The van der Waals surface area contributed by atoms with E-state index in [1.807, 2.05) is 0 Å². The Bertz CT molecular complexity index is 514. The summed E-state index contributed by atoms with van der Waals surface area (Å²) < 4.78 is 15.4. The first kappa shape index (κ1) is 21.6. The SMILES string of the molecule is C=C(C)C(=O)OC(OC(=O)C(=C)C)(OC(=O)C(=C)C)C(C)(C)CO. The maximum absolute atomic E-state index is 12.0. The van der Waals surface area contributed by atoms with E-state index >= 15 is 0 Å². The molecule has 1 N–H and O–H groups in total. The molecule has 134 valence electrons. The zero-order valence-electron chi connectivity index (χ0n) is 14.7. The molecule has 7 heteroatoms. The lowest BCUT2D eigenvalue weighted by Gasteiger charge is -2.41. The third-order valence-electron chi connectivity index (χ3n) is 2.95. The number of esters is 3. The molecule has 0 rings (SSSR count). The van der Waals surface area contributed by atoms with Gasteiger partial charge in [-0.2, -0.15) is 0 Å². The molecule has 0 aliphatic carbocycles. The molecule has 0 saturated heterocycles. The summed E-state index contributed by atoms with van der Waals surface area (Å²) in [4.78, 5) is 36.0. The van der Waals surface area contributed by atoms with Gasteiger partial charge >= 0.3 is 23.9 Å². The molecule has 0 heterocycles. The van der Waals surface area contributed by atoms with Gasteiger partial charge in [0.05, 0.1) is 6.61 Å². The maximum Gasteiger partial charge on any atom is 0.431 e. The Labute approximate surface area is 141 Å². The molecule has 0 unspecified atom stereocenters. The third kappa shape index (κ3) is 5.06. The van der Waals surface area contributed by atoms with Crippen molar-refractivity contribution in [3.8, 4) is 0 Å². The number of ether oxygens (including phenoxy) is 3. The second-order valence-electron chi connectivity index (χ2n) is 6.11. The number of hydrogen-bond acceptors (Lipinski definition) is 7. The Morgan fingerprint density at radius 1 is 0.792 bits per heavy atom. The van der Waals surface area contributed by atoms with Crippen molar-refractivity contribution < 1.29 is 33.7 Å². The van der Waals surface area contributed by atoms with E-state index in [4.69, 9.17) is 14.2 Å². The van der Waals surface area contributed by atoms with Crippen molar-refractivity contribution in [2.75, 3.05) is 6.61 Å². The van der Waals surface area contributed by atoms with Crippen molar-refractivity contribution in [1.29, 1.82) is 0 Å². The average molecular weight is 340 g/mol. The Hall–Kier alpha value is -2.41. The monoisotopic (exact) mass is 340 g/mol. The molecule has 0 aromatic heterocycles. The fourth-order valence-corrected chi connectivity index (χ4v) is 1.20. The third-order valence-corrected chi connectivity index (χ3v) is 2.95. The van der Waals surface area contributed by atoms with Crippen LogP contribution in [0.3, 0.4) is 0 Å². The summed E-state index contributed by atoms with van der Waals surface area (Å²) in [5.41, 5.74) is -1.56. The van der Waals surface area contributed by atoms with Crippen LogP contribution in [0, 0.1) is 5.41 Å². The summed E-state index contributed by atoms with van der Waals surface area (Å²) in [7, 11) is 0.